The van der Waals surface area contributed by atoms with Crippen LogP contribution in [0, 0.1) is 5.92 Å². The lowest BCUT2D eigenvalue weighted by molar-refractivity contribution is 0.0396. The molecule has 2 aliphatic rings. The summed E-state index contributed by atoms with van der Waals surface area (Å²) >= 11 is 0. The third kappa shape index (κ3) is 4.16. The standard InChI is InChI=1S/C22H31N5O/c1-17(16-27-13-7-12-25-27)15-24-21(23-2)26-19-14-22(10-5-6-11-22)28-20-9-4-3-8-18(19)20/h3-4,7-9,12-13,17,19H,5-6,10-11,14-16H2,1-2H3,(H2,23,24,26). The van der Waals surface area contributed by atoms with E-state index in [1.807, 2.05) is 30.2 Å². The highest BCUT2D eigenvalue weighted by Gasteiger charge is 2.43. The van der Waals surface area contributed by atoms with Crippen molar-refractivity contribution in [3.05, 3.63) is 48.3 Å². The summed E-state index contributed by atoms with van der Waals surface area (Å²) < 4.78 is 8.45. The van der Waals surface area contributed by atoms with Gasteiger partial charge < -0.3 is 15.4 Å². The Morgan fingerprint density at radius 1 is 1.32 bits per heavy atom. The van der Waals surface area contributed by atoms with Gasteiger partial charge in [-0.1, -0.05) is 25.1 Å². The van der Waals surface area contributed by atoms with E-state index in [2.05, 4.69) is 51.9 Å². The number of hydrogen-bond donors (Lipinski definition) is 2. The predicted octanol–water partition coefficient (Wildman–Crippen LogP) is 3.52. The molecule has 150 valence electrons. The van der Waals surface area contributed by atoms with Crippen LogP contribution in [0.1, 0.15) is 50.6 Å². The Hall–Kier alpha value is -2.50. The first-order valence-corrected chi connectivity index (χ1v) is 10.4. The number of aliphatic imine (C=N–C) groups is 1. The van der Waals surface area contributed by atoms with Crippen molar-refractivity contribution in [1.29, 1.82) is 0 Å². The van der Waals surface area contributed by atoms with Crippen molar-refractivity contribution in [3.8, 4) is 5.75 Å². The van der Waals surface area contributed by atoms with Gasteiger partial charge >= 0.3 is 0 Å². The fourth-order valence-corrected chi connectivity index (χ4v) is 4.50. The third-order valence-electron chi connectivity index (χ3n) is 5.92. The van der Waals surface area contributed by atoms with E-state index in [1.165, 1.54) is 18.4 Å². The van der Waals surface area contributed by atoms with Crippen LogP contribution in [-0.2, 0) is 6.54 Å². The number of aromatic nitrogens is 2. The first kappa shape index (κ1) is 18.8. The molecule has 1 aromatic carbocycles. The van der Waals surface area contributed by atoms with Crippen LogP contribution < -0.4 is 15.4 Å². The molecule has 4 rings (SSSR count). The van der Waals surface area contributed by atoms with Gasteiger partial charge in [0.05, 0.1) is 6.04 Å². The third-order valence-corrected chi connectivity index (χ3v) is 5.92. The SMILES string of the molecule is CN=C(NCC(C)Cn1cccn1)NC1CC2(CCCC2)Oc2ccccc21. The lowest BCUT2D eigenvalue weighted by Gasteiger charge is -2.40. The Kier molecular flexibility index (Phi) is 5.55. The van der Waals surface area contributed by atoms with Crippen molar-refractivity contribution in [2.45, 2.75) is 57.2 Å². The molecule has 1 aromatic heterocycles. The summed E-state index contributed by atoms with van der Waals surface area (Å²) in [5.74, 6) is 2.32. The summed E-state index contributed by atoms with van der Waals surface area (Å²) in [6.07, 6.45) is 9.62. The molecule has 6 nitrogen and oxygen atoms in total. The fourth-order valence-electron chi connectivity index (χ4n) is 4.50. The van der Waals surface area contributed by atoms with E-state index in [-0.39, 0.29) is 11.6 Å². The minimum Gasteiger partial charge on any atom is -0.487 e. The largest absolute Gasteiger partial charge is 0.487 e. The van der Waals surface area contributed by atoms with E-state index < -0.39 is 0 Å². The smallest absolute Gasteiger partial charge is 0.191 e. The molecular weight excluding hydrogens is 350 g/mol. The second kappa shape index (κ2) is 8.25. The molecule has 28 heavy (non-hydrogen) atoms. The van der Waals surface area contributed by atoms with Crippen molar-refractivity contribution in [1.82, 2.24) is 20.4 Å². The number of nitrogens with zero attached hydrogens (tertiary/aromatic N) is 3. The lowest BCUT2D eigenvalue weighted by atomic mass is 9.86. The maximum absolute atomic E-state index is 6.47. The van der Waals surface area contributed by atoms with E-state index in [0.717, 1.165) is 44.1 Å². The Morgan fingerprint density at radius 2 is 2.14 bits per heavy atom. The van der Waals surface area contributed by atoms with Gasteiger partial charge in [0.25, 0.3) is 0 Å². The number of hydrogen-bond acceptors (Lipinski definition) is 3. The highest BCUT2D eigenvalue weighted by atomic mass is 16.5. The van der Waals surface area contributed by atoms with Gasteiger partial charge in [-0.05, 0) is 43.7 Å². The maximum Gasteiger partial charge on any atom is 0.191 e. The Bertz CT molecular complexity index is 795. The summed E-state index contributed by atoms with van der Waals surface area (Å²) in [6, 6.07) is 10.6. The first-order valence-electron chi connectivity index (χ1n) is 10.4. The molecule has 6 heteroatoms. The van der Waals surface area contributed by atoms with E-state index in [0.29, 0.717) is 5.92 Å². The summed E-state index contributed by atoms with van der Waals surface area (Å²) in [6.45, 7) is 3.95. The number of nitrogens with one attached hydrogen (secondary N) is 2. The maximum atomic E-state index is 6.47. The molecule has 2 unspecified atom stereocenters. The molecule has 1 spiro atoms. The number of guanidine groups is 1. The van der Waals surface area contributed by atoms with E-state index in [1.54, 1.807) is 0 Å². The molecule has 2 atom stereocenters. The topological polar surface area (TPSA) is 63.5 Å². The minimum atomic E-state index is -0.0156. The second-order valence-electron chi connectivity index (χ2n) is 8.22. The van der Waals surface area contributed by atoms with Crippen LogP contribution in [0.25, 0.3) is 0 Å². The number of ether oxygens (including phenoxy) is 1. The summed E-state index contributed by atoms with van der Waals surface area (Å²) in [4.78, 5) is 4.47. The molecule has 2 aromatic rings. The molecule has 2 N–H and O–H groups in total. The van der Waals surface area contributed by atoms with Gasteiger partial charge in [0, 0.05) is 44.5 Å². The average Bonchev–Trinajstić information content (AvgIpc) is 3.37. The van der Waals surface area contributed by atoms with Crippen LogP contribution in [0.15, 0.2) is 47.7 Å². The van der Waals surface area contributed by atoms with Crippen LogP contribution >= 0.6 is 0 Å². The van der Waals surface area contributed by atoms with Crippen LogP contribution in [0.5, 0.6) is 5.75 Å². The molecule has 2 heterocycles. The van der Waals surface area contributed by atoms with Gasteiger partial charge in [-0.2, -0.15) is 5.10 Å². The average molecular weight is 382 g/mol. The Labute approximate surface area is 167 Å². The zero-order valence-electron chi connectivity index (χ0n) is 16.9. The number of benzene rings is 1. The predicted molar refractivity (Wildman–Crippen MR) is 112 cm³/mol. The monoisotopic (exact) mass is 381 g/mol. The minimum absolute atomic E-state index is 0.0156. The molecule has 0 bridgehead atoms. The summed E-state index contributed by atoms with van der Waals surface area (Å²) in [5.41, 5.74) is 1.21. The molecule has 0 amide bonds. The van der Waals surface area contributed by atoms with Crippen molar-refractivity contribution in [3.63, 3.8) is 0 Å². The van der Waals surface area contributed by atoms with E-state index in [4.69, 9.17) is 4.74 Å². The van der Waals surface area contributed by atoms with Gasteiger partial charge in [0.2, 0.25) is 0 Å². The van der Waals surface area contributed by atoms with Gasteiger partial charge in [-0.3, -0.25) is 9.67 Å². The molecule has 1 saturated carbocycles. The second-order valence-corrected chi connectivity index (χ2v) is 8.22. The Balaban J connectivity index is 1.41. The van der Waals surface area contributed by atoms with Crippen molar-refractivity contribution in [2.24, 2.45) is 10.9 Å². The number of rotatable bonds is 5. The van der Waals surface area contributed by atoms with Crippen LogP contribution in [0.3, 0.4) is 0 Å². The number of para-hydroxylation sites is 1. The normalized spacial score (nSPS) is 21.8. The van der Waals surface area contributed by atoms with Crippen LogP contribution in [0.2, 0.25) is 0 Å². The fraction of sp³-hybridized carbons (Fsp3) is 0.545. The summed E-state index contributed by atoms with van der Waals surface area (Å²) in [7, 11) is 1.84. The summed E-state index contributed by atoms with van der Waals surface area (Å²) in [5, 5.41) is 11.5. The molecular formula is C22H31N5O. The zero-order chi connectivity index (χ0) is 19.4. The first-order chi connectivity index (χ1) is 13.7. The molecule has 0 saturated heterocycles. The van der Waals surface area contributed by atoms with Gasteiger partial charge in [-0.15, -0.1) is 0 Å². The van der Waals surface area contributed by atoms with E-state index >= 15 is 0 Å². The number of fused-ring (bicyclic) bond motifs is 1. The molecule has 0 radical (unpaired) electrons. The van der Waals surface area contributed by atoms with Gasteiger partial charge in [0.1, 0.15) is 11.4 Å². The zero-order valence-corrected chi connectivity index (χ0v) is 16.9. The molecule has 1 aliphatic heterocycles. The van der Waals surface area contributed by atoms with Crippen molar-refractivity contribution in [2.75, 3.05) is 13.6 Å². The van der Waals surface area contributed by atoms with E-state index in [9.17, 15) is 0 Å². The quantitative estimate of drug-likeness (QED) is 0.614. The highest BCUT2D eigenvalue weighted by molar-refractivity contribution is 5.80. The molecule has 1 fully saturated rings. The van der Waals surface area contributed by atoms with Gasteiger partial charge in [-0.25, -0.2) is 0 Å². The van der Waals surface area contributed by atoms with Crippen LogP contribution in [0.4, 0.5) is 0 Å². The lowest BCUT2D eigenvalue weighted by Crippen LogP contribution is -2.47. The van der Waals surface area contributed by atoms with Gasteiger partial charge in [0.15, 0.2) is 5.96 Å². The highest BCUT2D eigenvalue weighted by Crippen LogP contribution is 2.46. The molecule has 1 aliphatic carbocycles. The Morgan fingerprint density at radius 3 is 2.89 bits per heavy atom. The van der Waals surface area contributed by atoms with Crippen LogP contribution in [-0.4, -0.2) is 34.9 Å². The van der Waals surface area contributed by atoms with Crippen molar-refractivity contribution < 1.29 is 4.74 Å². The van der Waals surface area contributed by atoms with Crippen molar-refractivity contribution >= 4 is 5.96 Å².